The first-order valence-corrected chi connectivity index (χ1v) is 10.4. The average molecular weight is 392 g/mol. The number of aromatic nitrogens is 2. The van der Waals surface area contributed by atoms with Gasteiger partial charge in [0.15, 0.2) is 0 Å². The van der Waals surface area contributed by atoms with Gasteiger partial charge in [0.2, 0.25) is 11.9 Å². The Labute approximate surface area is 171 Å². The minimum atomic E-state index is -0.919. The number of hydrogen-bond acceptors (Lipinski definition) is 3. The van der Waals surface area contributed by atoms with Gasteiger partial charge in [-0.3, -0.25) is 10.1 Å². The van der Waals surface area contributed by atoms with Crippen LogP contribution >= 0.6 is 0 Å². The van der Waals surface area contributed by atoms with Crippen molar-refractivity contribution in [2.45, 2.75) is 64.0 Å². The third-order valence-corrected chi connectivity index (χ3v) is 5.95. The van der Waals surface area contributed by atoms with Crippen molar-refractivity contribution in [2.75, 3.05) is 5.32 Å². The lowest BCUT2D eigenvalue weighted by atomic mass is 9.92. The van der Waals surface area contributed by atoms with E-state index in [0.717, 1.165) is 35.0 Å². The molecule has 1 atom stereocenters. The topological polar surface area (TPSA) is 67.2 Å². The predicted octanol–water partition coefficient (Wildman–Crippen LogP) is 5.12. The van der Waals surface area contributed by atoms with Crippen molar-refractivity contribution < 1.29 is 9.90 Å². The van der Waals surface area contributed by atoms with Crippen LogP contribution < -0.4 is 5.32 Å². The molecule has 0 saturated heterocycles. The van der Waals surface area contributed by atoms with Gasteiger partial charge in [-0.2, -0.15) is 0 Å². The van der Waals surface area contributed by atoms with Crippen LogP contribution in [0.4, 0.5) is 5.95 Å². The fourth-order valence-corrected chi connectivity index (χ4v) is 3.93. The largest absolute Gasteiger partial charge is 0.386 e. The van der Waals surface area contributed by atoms with E-state index in [9.17, 15) is 9.90 Å². The zero-order valence-electron chi connectivity index (χ0n) is 17.4. The Hall–Kier alpha value is -2.66. The van der Waals surface area contributed by atoms with Gasteiger partial charge in [0.1, 0.15) is 0 Å². The molecule has 4 rings (SSSR count). The smallest absolute Gasteiger partial charge is 0.227 e. The van der Waals surface area contributed by atoms with E-state index in [1.54, 1.807) is 13.8 Å². The normalized spacial score (nSPS) is 15.9. The summed E-state index contributed by atoms with van der Waals surface area (Å²) in [6, 6.07) is 16.3. The van der Waals surface area contributed by atoms with E-state index >= 15 is 0 Å². The van der Waals surface area contributed by atoms with Crippen LogP contribution in [0, 0.1) is 0 Å². The van der Waals surface area contributed by atoms with Crippen molar-refractivity contribution in [1.82, 2.24) is 9.55 Å². The molecule has 1 aliphatic carbocycles. The van der Waals surface area contributed by atoms with E-state index in [0.29, 0.717) is 18.4 Å². The second-order valence-electron chi connectivity index (χ2n) is 8.72. The van der Waals surface area contributed by atoms with E-state index in [1.165, 1.54) is 6.42 Å². The number of carbonyl (C=O) groups excluding carboxylic acids is 1. The van der Waals surface area contributed by atoms with E-state index in [4.69, 9.17) is 4.98 Å². The summed E-state index contributed by atoms with van der Waals surface area (Å²) < 4.78 is 2.15. The standard InChI is InChI=1S/C24H29N3O2/c1-16(17-8-5-4-6-9-17)14-22(28)26-23-25-20-13-12-18(24(2,3)29)15-21(20)27(23)19-10-7-11-19/h4-6,8-9,12-13,15-16,19,29H,7,10-11,14H2,1-3H3,(H,25,26,28)/t16-/m0/s1. The van der Waals surface area contributed by atoms with Crippen LogP contribution in [0.2, 0.25) is 0 Å². The number of nitrogens with zero attached hydrogens (tertiary/aromatic N) is 2. The quantitative estimate of drug-likeness (QED) is 0.613. The van der Waals surface area contributed by atoms with Gasteiger partial charge in [0.25, 0.3) is 0 Å². The Morgan fingerprint density at radius 1 is 1.24 bits per heavy atom. The number of imidazole rings is 1. The Morgan fingerprint density at radius 2 is 1.97 bits per heavy atom. The first-order valence-electron chi connectivity index (χ1n) is 10.4. The molecule has 1 fully saturated rings. The molecule has 0 spiro atoms. The molecule has 152 valence electrons. The number of hydrogen-bond donors (Lipinski definition) is 2. The molecule has 0 bridgehead atoms. The zero-order valence-corrected chi connectivity index (χ0v) is 17.4. The molecule has 2 N–H and O–H groups in total. The van der Waals surface area contributed by atoms with Crippen LogP contribution in [0.5, 0.6) is 0 Å². The van der Waals surface area contributed by atoms with E-state index in [1.807, 2.05) is 36.4 Å². The number of carbonyl (C=O) groups is 1. The van der Waals surface area contributed by atoms with E-state index < -0.39 is 5.60 Å². The SMILES string of the molecule is C[C@@H](CC(=O)Nc1nc2ccc(C(C)(C)O)cc2n1C1CCC1)c1ccccc1. The lowest BCUT2D eigenvalue weighted by Gasteiger charge is -2.29. The van der Waals surface area contributed by atoms with Crippen LogP contribution in [-0.2, 0) is 10.4 Å². The maximum Gasteiger partial charge on any atom is 0.227 e. The Bertz CT molecular complexity index is 1010. The van der Waals surface area contributed by atoms with Gasteiger partial charge in [-0.1, -0.05) is 43.3 Å². The Morgan fingerprint density at radius 3 is 2.59 bits per heavy atom. The summed E-state index contributed by atoms with van der Waals surface area (Å²) in [5, 5.41) is 13.5. The highest BCUT2D eigenvalue weighted by atomic mass is 16.3. The highest BCUT2D eigenvalue weighted by Crippen LogP contribution is 2.38. The maximum atomic E-state index is 12.8. The highest BCUT2D eigenvalue weighted by Gasteiger charge is 2.27. The molecule has 1 aromatic heterocycles. The average Bonchev–Trinajstić information content (AvgIpc) is 2.97. The number of benzene rings is 2. The molecular formula is C24H29N3O2. The Balaban J connectivity index is 1.61. The van der Waals surface area contributed by atoms with Crippen LogP contribution in [0.3, 0.4) is 0 Å². The van der Waals surface area contributed by atoms with Crippen molar-refractivity contribution >= 4 is 22.9 Å². The van der Waals surface area contributed by atoms with Gasteiger partial charge in [-0.05, 0) is 62.3 Å². The number of nitrogens with one attached hydrogen (secondary N) is 1. The highest BCUT2D eigenvalue weighted by molar-refractivity contribution is 5.92. The van der Waals surface area contributed by atoms with Crippen molar-refractivity contribution in [2.24, 2.45) is 0 Å². The lowest BCUT2D eigenvalue weighted by Crippen LogP contribution is -2.23. The van der Waals surface area contributed by atoms with Gasteiger partial charge < -0.3 is 9.67 Å². The summed E-state index contributed by atoms with van der Waals surface area (Å²) in [6.45, 7) is 5.64. The summed E-state index contributed by atoms with van der Waals surface area (Å²) in [5.41, 5.74) is 2.90. The van der Waals surface area contributed by atoms with Gasteiger partial charge in [0.05, 0.1) is 16.6 Å². The summed E-state index contributed by atoms with van der Waals surface area (Å²) in [6.07, 6.45) is 3.77. The fraction of sp³-hybridized carbons (Fsp3) is 0.417. The minimum Gasteiger partial charge on any atom is -0.386 e. The monoisotopic (exact) mass is 391 g/mol. The van der Waals surface area contributed by atoms with E-state index in [-0.39, 0.29) is 11.8 Å². The summed E-state index contributed by atoms with van der Waals surface area (Å²) >= 11 is 0. The maximum absolute atomic E-state index is 12.8. The molecule has 1 amide bonds. The summed E-state index contributed by atoms with van der Waals surface area (Å²) in [4.78, 5) is 17.5. The molecule has 29 heavy (non-hydrogen) atoms. The molecule has 0 aliphatic heterocycles. The summed E-state index contributed by atoms with van der Waals surface area (Å²) in [7, 11) is 0. The number of fused-ring (bicyclic) bond motifs is 1. The zero-order chi connectivity index (χ0) is 20.6. The fourth-order valence-electron chi connectivity index (χ4n) is 3.93. The van der Waals surface area contributed by atoms with Gasteiger partial charge in [-0.15, -0.1) is 0 Å². The van der Waals surface area contributed by atoms with Crippen molar-refractivity contribution in [1.29, 1.82) is 0 Å². The van der Waals surface area contributed by atoms with Crippen LogP contribution in [0.25, 0.3) is 11.0 Å². The molecule has 1 aliphatic rings. The minimum absolute atomic E-state index is 0.0278. The molecule has 2 aromatic carbocycles. The van der Waals surface area contributed by atoms with Gasteiger partial charge in [-0.25, -0.2) is 4.98 Å². The number of amides is 1. The van der Waals surface area contributed by atoms with Crippen molar-refractivity contribution in [3.63, 3.8) is 0 Å². The molecule has 0 unspecified atom stereocenters. The number of anilines is 1. The second-order valence-corrected chi connectivity index (χ2v) is 8.72. The first-order chi connectivity index (χ1) is 13.8. The molecular weight excluding hydrogens is 362 g/mol. The van der Waals surface area contributed by atoms with Crippen LogP contribution in [0.1, 0.15) is 69.5 Å². The third kappa shape index (κ3) is 4.06. The number of rotatable bonds is 6. The molecule has 0 radical (unpaired) electrons. The Kier molecular flexibility index (Phi) is 5.17. The molecule has 1 saturated carbocycles. The molecule has 5 nitrogen and oxygen atoms in total. The third-order valence-electron chi connectivity index (χ3n) is 5.95. The second kappa shape index (κ2) is 7.64. The van der Waals surface area contributed by atoms with Crippen molar-refractivity contribution in [3.05, 3.63) is 59.7 Å². The van der Waals surface area contributed by atoms with Gasteiger partial charge >= 0.3 is 0 Å². The predicted molar refractivity (Wildman–Crippen MR) is 116 cm³/mol. The first kappa shape index (κ1) is 19.6. The van der Waals surface area contributed by atoms with Gasteiger partial charge in [0, 0.05) is 12.5 Å². The van der Waals surface area contributed by atoms with Crippen LogP contribution in [0.15, 0.2) is 48.5 Å². The summed E-state index contributed by atoms with van der Waals surface area (Å²) in [5.74, 6) is 0.724. The van der Waals surface area contributed by atoms with Crippen molar-refractivity contribution in [3.8, 4) is 0 Å². The molecule has 3 aromatic rings. The number of aliphatic hydroxyl groups is 1. The lowest BCUT2D eigenvalue weighted by molar-refractivity contribution is -0.116. The van der Waals surface area contributed by atoms with Crippen LogP contribution in [-0.4, -0.2) is 20.6 Å². The molecule has 5 heteroatoms. The molecule has 1 heterocycles. The van der Waals surface area contributed by atoms with E-state index in [2.05, 4.69) is 28.9 Å².